The molecule has 1 aromatic rings. The van der Waals surface area contributed by atoms with Crippen LogP contribution in [0.1, 0.15) is 24.5 Å². The molecule has 0 radical (unpaired) electrons. The summed E-state index contributed by atoms with van der Waals surface area (Å²) in [6.07, 6.45) is 3.88. The van der Waals surface area contributed by atoms with Crippen LogP contribution in [0.15, 0.2) is 24.5 Å². The SMILES string of the molecule is CC(=O)C1CC=COC1Nc1cc(C)c(C)c(Cl)c1. The number of anilines is 1. The van der Waals surface area contributed by atoms with Crippen molar-refractivity contribution >= 4 is 23.1 Å². The lowest BCUT2D eigenvalue weighted by Crippen LogP contribution is -2.36. The Hall–Kier alpha value is -1.48. The third-order valence-corrected chi connectivity index (χ3v) is 3.90. The van der Waals surface area contributed by atoms with Crippen molar-refractivity contribution in [2.45, 2.75) is 33.4 Å². The van der Waals surface area contributed by atoms with Gasteiger partial charge in [0.2, 0.25) is 0 Å². The zero-order valence-electron chi connectivity index (χ0n) is 11.4. The second-order valence-corrected chi connectivity index (χ2v) is 5.33. The summed E-state index contributed by atoms with van der Waals surface area (Å²) in [6.45, 7) is 5.59. The van der Waals surface area contributed by atoms with E-state index in [0.717, 1.165) is 16.8 Å². The van der Waals surface area contributed by atoms with Gasteiger partial charge in [-0.05, 0) is 56.5 Å². The number of ether oxygens (including phenoxy) is 1. The van der Waals surface area contributed by atoms with Crippen molar-refractivity contribution in [3.05, 3.63) is 40.6 Å². The van der Waals surface area contributed by atoms with E-state index in [2.05, 4.69) is 5.32 Å². The highest BCUT2D eigenvalue weighted by atomic mass is 35.5. The van der Waals surface area contributed by atoms with Crippen LogP contribution in [0.25, 0.3) is 0 Å². The summed E-state index contributed by atoms with van der Waals surface area (Å²) >= 11 is 6.17. The molecule has 1 aromatic carbocycles. The number of benzene rings is 1. The van der Waals surface area contributed by atoms with E-state index in [1.54, 1.807) is 13.2 Å². The first-order chi connectivity index (χ1) is 8.99. The predicted octanol–water partition coefficient (Wildman–Crippen LogP) is 3.83. The smallest absolute Gasteiger partial charge is 0.179 e. The number of carbonyl (C=O) groups is 1. The molecule has 1 aliphatic rings. The Labute approximate surface area is 118 Å². The van der Waals surface area contributed by atoms with Gasteiger partial charge in [-0.15, -0.1) is 0 Å². The first-order valence-corrected chi connectivity index (χ1v) is 6.71. The Bertz CT molecular complexity index is 502. The quantitative estimate of drug-likeness (QED) is 0.914. The molecule has 0 saturated heterocycles. The molecule has 19 heavy (non-hydrogen) atoms. The normalized spacial score (nSPS) is 21.9. The van der Waals surface area contributed by atoms with E-state index in [4.69, 9.17) is 16.3 Å². The highest BCUT2D eigenvalue weighted by Crippen LogP contribution is 2.27. The van der Waals surface area contributed by atoms with Crippen LogP contribution in [0.3, 0.4) is 0 Å². The highest BCUT2D eigenvalue weighted by Gasteiger charge is 2.28. The molecule has 0 bridgehead atoms. The van der Waals surface area contributed by atoms with Gasteiger partial charge in [-0.1, -0.05) is 11.6 Å². The second-order valence-electron chi connectivity index (χ2n) is 4.93. The minimum Gasteiger partial charge on any atom is -0.478 e. The van der Waals surface area contributed by atoms with Gasteiger partial charge in [-0.3, -0.25) is 4.79 Å². The van der Waals surface area contributed by atoms with Gasteiger partial charge in [-0.25, -0.2) is 0 Å². The van der Waals surface area contributed by atoms with Gasteiger partial charge in [0.05, 0.1) is 12.2 Å². The van der Waals surface area contributed by atoms with Gasteiger partial charge >= 0.3 is 0 Å². The number of halogens is 1. The highest BCUT2D eigenvalue weighted by molar-refractivity contribution is 6.31. The van der Waals surface area contributed by atoms with Crippen LogP contribution in [0.4, 0.5) is 5.69 Å². The summed E-state index contributed by atoms with van der Waals surface area (Å²) in [5.74, 6) is -0.0397. The lowest BCUT2D eigenvalue weighted by atomic mass is 9.97. The third kappa shape index (κ3) is 3.10. The molecule has 0 amide bonds. The van der Waals surface area contributed by atoms with Crippen molar-refractivity contribution < 1.29 is 9.53 Å². The Morgan fingerprint density at radius 2 is 2.16 bits per heavy atom. The van der Waals surface area contributed by atoms with Crippen LogP contribution in [0, 0.1) is 19.8 Å². The summed E-state index contributed by atoms with van der Waals surface area (Å²) in [4.78, 5) is 11.6. The average molecular weight is 280 g/mol. The molecular formula is C15H18ClNO2. The molecule has 2 rings (SSSR count). The molecular weight excluding hydrogens is 262 g/mol. The van der Waals surface area contributed by atoms with E-state index in [-0.39, 0.29) is 17.9 Å². The molecule has 0 spiro atoms. The molecule has 1 aliphatic heterocycles. The maximum absolute atomic E-state index is 11.6. The van der Waals surface area contributed by atoms with Crippen LogP contribution in [0.5, 0.6) is 0 Å². The zero-order chi connectivity index (χ0) is 14.0. The number of ketones is 1. The number of Topliss-reactive ketones (excluding diaryl/α,β-unsaturated/α-hetero) is 1. The fourth-order valence-corrected chi connectivity index (χ4v) is 2.41. The Morgan fingerprint density at radius 1 is 1.42 bits per heavy atom. The molecule has 1 N–H and O–H groups in total. The number of rotatable bonds is 3. The van der Waals surface area contributed by atoms with Gasteiger partial charge in [0.15, 0.2) is 6.23 Å². The van der Waals surface area contributed by atoms with Crippen molar-refractivity contribution in [3.8, 4) is 0 Å². The predicted molar refractivity (Wildman–Crippen MR) is 77.3 cm³/mol. The number of hydrogen-bond donors (Lipinski definition) is 1. The number of allylic oxidation sites excluding steroid dienone is 1. The Kier molecular flexibility index (Phi) is 4.15. The van der Waals surface area contributed by atoms with Crippen LogP contribution in [0.2, 0.25) is 5.02 Å². The maximum Gasteiger partial charge on any atom is 0.179 e. The first kappa shape index (κ1) is 13.9. The van der Waals surface area contributed by atoms with Gasteiger partial charge in [0.1, 0.15) is 5.78 Å². The van der Waals surface area contributed by atoms with E-state index in [1.807, 2.05) is 32.1 Å². The number of hydrogen-bond acceptors (Lipinski definition) is 3. The van der Waals surface area contributed by atoms with Crippen molar-refractivity contribution in [2.75, 3.05) is 5.32 Å². The summed E-state index contributed by atoms with van der Waals surface area (Å²) in [5.41, 5.74) is 3.06. The molecule has 2 atom stereocenters. The summed E-state index contributed by atoms with van der Waals surface area (Å²) in [7, 11) is 0. The molecule has 0 aromatic heterocycles. The maximum atomic E-state index is 11.6. The van der Waals surface area contributed by atoms with Crippen molar-refractivity contribution in [3.63, 3.8) is 0 Å². The number of carbonyl (C=O) groups excluding carboxylic acids is 1. The van der Waals surface area contributed by atoms with Crippen molar-refractivity contribution in [1.82, 2.24) is 0 Å². The van der Waals surface area contributed by atoms with Crippen molar-refractivity contribution in [1.29, 1.82) is 0 Å². The van der Waals surface area contributed by atoms with E-state index in [0.29, 0.717) is 11.4 Å². The second kappa shape index (κ2) is 5.66. The van der Waals surface area contributed by atoms with Crippen LogP contribution in [-0.4, -0.2) is 12.0 Å². The summed E-state index contributed by atoms with van der Waals surface area (Å²) in [5, 5.41) is 3.96. The van der Waals surface area contributed by atoms with Crippen LogP contribution in [-0.2, 0) is 9.53 Å². The van der Waals surface area contributed by atoms with E-state index in [1.165, 1.54) is 0 Å². The van der Waals surface area contributed by atoms with Gasteiger partial charge in [-0.2, -0.15) is 0 Å². The lowest BCUT2D eigenvalue weighted by Gasteiger charge is -2.28. The molecule has 102 valence electrons. The fraction of sp³-hybridized carbons (Fsp3) is 0.400. The topological polar surface area (TPSA) is 38.3 Å². The molecule has 0 saturated carbocycles. The van der Waals surface area contributed by atoms with Crippen LogP contribution < -0.4 is 5.32 Å². The standard InChI is InChI=1S/C15H18ClNO2/c1-9-7-12(8-14(16)10(9)2)17-15-13(11(3)18)5-4-6-19-15/h4,6-8,13,15,17H,5H2,1-3H3. The average Bonchev–Trinajstić information content (AvgIpc) is 2.36. The van der Waals surface area contributed by atoms with Crippen molar-refractivity contribution in [2.24, 2.45) is 5.92 Å². The third-order valence-electron chi connectivity index (χ3n) is 3.51. The summed E-state index contributed by atoms with van der Waals surface area (Å²) < 4.78 is 5.51. The largest absolute Gasteiger partial charge is 0.478 e. The zero-order valence-corrected chi connectivity index (χ0v) is 12.1. The summed E-state index contributed by atoms with van der Waals surface area (Å²) in [6, 6.07) is 3.88. The molecule has 0 fully saturated rings. The fourth-order valence-electron chi connectivity index (χ4n) is 2.14. The molecule has 1 heterocycles. The number of nitrogens with one attached hydrogen (secondary N) is 1. The lowest BCUT2D eigenvalue weighted by molar-refractivity contribution is -0.124. The minimum atomic E-state index is -0.333. The van der Waals surface area contributed by atoms with E-state index in [9.17, 15) is 4.79 Å². The van der Waals surface area contributed by atoms with E-state index < -0.39 is 0 Å². The molecule has 4 heteroatoms. The van der Waals surface area contributed by atoms with Gasteiger partial charge in [0, 0.05) is 10.7 Å². The Balaban J connectivity index is 2.20. The number of aryl methyl sites for hydroxylation is 1. The van der Waals surface area contributed by atoms with Crippen LogP contribution >= 0.6 is 11.6 Å². The molecule has 0 aliphatic carbocycles. The molecule has 2 unspecified atom stereocenters. The monoisotopic (exact) mass is 279 g/mol. The van der Waals surface area contributed by atoms with Gasteiger partial charge in [0.25, 0.3) is 0 Å². The van der Waals surface area contributed by atoms with E-state index >= 15 is 0 Å². The first-order valence-electron chi connectivity index (χ1n) is 6.33. The minimum absolute atomic E-state index is 0.122. The van der Waals surface area contributed by atoms with Gasteiger partial charge < -0.3 is 10.1 Å². The Morgan fingerprint density at radius 3 is 2.79 bits per heavy atom. The molecule has 3 nitrogen and oxygen atoms in total.